The minimum atomic E-state index is -4.79. The van der Waals surface area contributed by atoms with Crippen molar-refractivity contribution >= 4 is 17.3 Å². The van der Waals surface area contributed by atoms with Gasteiger partial charge in [-0.05, 0) is 51.0 Å². The van der Waals surface area contributed by atoms with Crippen molar-refractivity contribution in [2.45, 2.75) is 39.4 Å². The molecule has 16 heteroatoms. The molecule has 1 aromatic carbocycles. The average molecular weight is 606 g/mol. The van der Waals surface area contributed by atoms with Crippen LogP contribution in [0.2, 0.25) is 0 Å². The van der Waals surface area contributed by atoms with Crippen LogP contribution in [-0.4, -0.2) is 49.7 Å². The molecule has 0 saturated carbocycles. The number of carbonyl (C=O) groups is 1. The van der Waals surface area contributed by atoms with E-state index >= 15 is 0 Å². The summed E-state index contributed by atoms with van der Waals surface area (Å²) >= 11 is 0. The number of hydrogen-bond donors (Lipinski definition) is 1. The number of aryl methyl sites for hydroxylation is 1. The first kappa shape index (κ1) is 29.6. The Morgan fingerprint density at radius 2 is 1.70 bits per heavy atom. The molecule has 11 nitrogen and oxygen atoms in total. The first-order chi connectivity index (χ1) is 20.3. The van der Waals surface area contributed by atoms with Crippen LogP contribution in [0, 0.1) is 17.0 Å². The number of ether oxygens (including phenoxy) is 2. The number of aromatic nitrogens is 5. The zero-order valence-electron chi connectivity index (χ0n) is 23.0. The van der Waals surface area contributed by atoms with Crippen LogP contribution in [0.15, 0.2) is 46.3 Å². The van der Waals surface area contributed by atoms with Gasteiger partial charge in [0.25, 0.3) is 17.3 Å². The number of amides is 1. The van der Waals surface area contributed by atoms with Crippen LogP contribution < -0.4 is 20.5 Å². The lowest BCUT2D eigenvalue weighted by Gasteiger charge is -2.18. The van der Waals surface area contributed by atoms with E-state index in [1.54, 1.807) is 13.8 Å². The number of rotatable bonds is 9. The molecule has 0 atom stereocenters. The van der Waals surface area contributed by atoms with E-state index in [1.165, 1.54) is 43.5 Å². The van der Waals surface area contributed by atoms with Crippen molar-refractivity contribution in [3.63, 3.8) is 0 Å². The maximum atomic E-state index is 14.8. The second-order valence-electron chi connectivity index (χ2n) is 10.1. The Hall–Kier alpha value is -4.89. The highest BCUT2D eigenvalue weighted by Gasteiger charge is 2.41. The Kier molecular flexibility index (Phi) is 7.62. The van der Waals surface area contributed by atoms with Crippen molar-refractivity contribution in [1.82, 2.24) is 29.8 Å². The molecule has 0 aliphatic carbocycles. The summed E-state index contributed by atoms with van der Waals surface area (Å²) in [6, 6.07) is 7.97. The molecule has 0 fully saturated rings. The quantitative estimate of drug-likeness (QED) is 0.226. The van der Waals surface area contributed by atoms with Crippen molar-refractivity contribution < 1.29 is 36.2 Å². The predicted molar refractivity (Wildman–Crippen MR) is 142 cm³/mol. The second-order valence-corrected chi connectivity index (χ2v) is 10.1. The van der Waals surface area contributed by atoms with E-state index in [0.29, 0.717) is 12.8 Å². The van der Waals surface area contributed by atoms with Crippen molar-refractivity contribution in [1.29, 1.82) is 0 Å². The van der Waals surface area contributed by atoms with E-state index in [4.69, 9.17) is 9.47 Å². The zero-order valence-corrected chi connectivity index (χ0v) is 23.0. The molecule has 1 N–H and O–H groups in total. The summed E-state index contributed by atoms with van der Waals surface area (Å²) in [7, 11) is 1.28. The third kappa shape index (κ3) is 5.51. The van der Waals surface area contributed by atoms with Crippen LogP contribution in [0.25, 0.3) is 16.9 Å². The summed E-state index contributed by atoms with van der Waals surface area (Å²) < 4.78 is 81.9. The molecule has 0 spiro atoms. The topological polar surface area (TPSA) is 125 Å². The fraction of sp³-hybridized carbons (Fsp3) is 0.333. The van der Waals surface area contributed by atoms with Gasteiger partial charge in [-0.15, -0.1) is 5.10 Å². The normalized spacial score (nSPS) is 14.6. The number of nitrogens with one attached hydrogen (secondary N) is 1. The van der Waals surface area contributed by atoms with Crippen LogP contribution in [0.1, 0.15) is 38.1 Å². The number of hydrogen-bond acceptors (Lipinski definition) is 8. The van der Waals surface area contributed by atoms with Gasteiger partial charge in [0.15, 0.2) is 17.2 Å². The summed E-state index contributed by atoms with van der Waals surface area (Å²) in [6.45, 7) is 3.17. The van der Waals surface area contributed by atoms with Crippen molar-refractivity contribution in [3.05, 3.63) is 69.8 Å². The van der Waals surface area contributed by atoms with Gasteiger partial charge in [-0.3, -0.25) is 9.59 Å². The minimum Gasteiger partial charge on any atom is -0.490 e. The standard InChI is InChI=1S/C27H24F5N7O4/c1-26(2)22(34-35-25(26)41)15-6-9-17(21(29)20(15)28)43-13-5-4-12-38-18(40)10-8-16(36-38)14-7-11-19(42-3)39-23(14)33-24(37-39)27(30,31)32/h6-11H,4-5,12-13H2,1-3H3,(H,35,41). The van der Waals surface area contributed by atoms with Crippen LogP contribution in [0.3, 0.4) is 0 Å². The van der Waals surface area contributed by atoms with Gasteiger partial charge in [0.2, 0.25) is 11.7 Å². The summed E-state index contributed by atoms with van der Waals surface area (Å²) in [6.07, 6.45) is -4.12. The molecule has 0 unspecified atom stereocenters. The van der Waals surface area contributed by atoms with Gasteiger partial charge >= 0.3 is 6.18 Å². The molecular formula is C27H24F5N7O4. The minimum absolute atomic E-state index is 0.0178. The van der Waals surface area contributed by atoms with Gasteiger partial charge < -0.3 is 9.47 Å². The molecule has 3 aromatic heterocycles. The fourth-order valence-electron chi connectivity index (χ4n) is 4.43. The third-order valence-electron chi connectivity index (χ3n) is 6.81. The molecule has 1 amide bonds. The lowest BCUT2D eigenvalue weighted by Crippen LogP contribution is -2.33. The molecular weight excluding hydrogens is 581 g/mol. The van der Waals surface area contributed by atoms with E-state index < -0.39 is 40.5 Å². The summed E-state index contributed by atoms with van der Waals surface area (Å²) in [5.41, 5.74) is 0.780. The number of carbonyl (C=O) groups excluding carboxylic acids is 1. The van der Waals surface area contributed by atoms with E-state index in [9.17, 15) is 31.5 Å². The highest BCUT2D eigenvalue weighted by atomic mass is 19.4. The number of methoxy groups -OCH3 is 1. The second kappa shape index (κ2) is 11.1. The Balaban J connectivity index is 1.26. The Labute approximate surface area is 239 Å². The van der Waals surface area contributed by atoms with Crippen molar-refractivity contribution in [2.75, 3.05) is 13.7 Å². The van der Waals surface area contributed by atoms with Crippen LogP contribution in [0.5, 0.6) is 11.6 Å². The van der Waals surface area contributed by atoms with Crippen molar-refractivity contribution in [3.8, 4) is 22.9 Å². The summed E-state index contributed by atoms with van der Waals surface area (Å²) in [5, 5.41) is 11.6. The number of benzene rings is 1. The molecule has 5 rings (SSSR count). The van der Waals surface area contributed by atoms with Gasteiger partial charge in [-0.1, -0.05) is 0 Å². The molecule has 1 aliphatic rings. The Morgan fingerprint density at radius 3 is 2.37 bits per heavy atom. The van der Waals surface area contributed by atoms with Gasteiger partial charge in [-0.2, -0.15) is 32.3 Å². The smallest absolute Gasteiger partial charge is 0.453 e. The van der Waals surface area contributed by atoms with Crippen LogP contribution in [0.4, 0.5) is 22.0 Å². The fourth-order valence-corrected chi connectivity index (χ4v) is 4.43. The van der Waals surface area contributed by atoms with Gasteiger partial charge in [-0.25, -0.2) is 19.5 Å². The molecule has 4 aromatic rings. The highest BCUT2D eigenvalue weighted by Crippen LogP contribution is 2.33. The van der Waals surface area contributed by atoms with Gasteiger partial charge in [0, 0.05) is 29.8 Å². The molecule has 4 heterocycles. The number of unbranched alkanes of at least 4 members (excludes halogenated alkanes) is 1. The monoisotopic (exact) mass is 605 g/mol. The van der Waals surface area contributed by atoms with E-state index in [-0.39, 0.29) is 53.0 Å². The van der Waals surface area contributed by atoms with Crippen LogP contribution in [-0.2, 0) is 17.5 Å². The average Bonchev–Trinajstić information content (AvgIpc) is 3.53. The van der Waals surface area contributed by atoms with Crippen molar-refractivity contribution in [2.24, 2.45) is 10.5 Å². The van der Waals surface area contributed by atoms with E-state index in [0.717, 1.165) is 9.20 Å². The molecule has 0 bridgehead atoms. The van der Waals surface area contributed by atoms with E-state index in [1.807, 2.05) is 0 Å². The SMILES string of the molecule is COc1ccc(-c2ccc(=O)n(CCCCOc3ccc(C4=NNC(=O)C4(C)C)c(F)c3F)n2)c2nc(C(F)(F)F)nn12. The maximum Gasteiger partial charge on any atom is 0.453 e. The number of hydrazone groups is 1. The third-order valence-corrected chi connectivity index (χ3v) is 6.81. The number of fused-ring (bicyclic) bond motifs is 1. The number of nitrogens with zero attached hydrogens (tertiary/aromatic N) is 6. The summed E-state index contributed by atoms with van der Waals surface area (Å²) in [4.78, 5) is 28.0. The molecule has 0 saturated heterocycles. The predicted octanol–water partition coefficient (Wildman–Crippen LogP) is 3.98. The zero-order chi connectivity index (χ0) is 31.1. The first-order valence-corrected chi connectivity index (χ1v) is 12.9. The Morgan fingerprint density at radius 1 is 0.953 bits per heavy atom. The summed E-state index contributed by atoms with van der Waals surface area (Å²) in [5.74, 6) is -4.53. The molecule has 226 valence electrons. The Bertz CT molecular complexity index is 1810. The lowest BCUT2D eigenvalue weighted by atomic mass is 9.83. The lowest BCUT2D eigenvalue weighted by molar-refractivity contribution is -0.144. The number of alkyl halides is 3. The first-order valence-electron chi connectivity index (χ1n) is 12.9. The van der Waals surface area contributed by atoms with Gasteiger partial charge in [0.05, 0.1) is 30.5 Å². The molecule has 0 radical (unpaired) electrons. The van der Waals surface area contributed by atoms with Crippen LogP contribution >= 0.6 is 0 Å². The molecule has 1 aliphatic heterocycles. The number of halogens is 5. The highest BCUT2D eigenvalue weighted by molar-refractivity contribution is 6.19. The van der Waals surface area contributed by atoms with Gasteiger partial charge in [0.1, 0.15) is 0 Å². The number of pyridine rings is 1. The van der Waals surface area contributed by atoms with E-state index in [2.05, 4.69) is 25.7 Å². The maximum absolute atomic E-state index is 14.8. The molecule has 43 heavy (non-hydrogen) atoms. The largest absolute Gasteiger partial charge is 0.490 e.